The summed E-state index contributed by atoms with van der Waals surface area (Å²) >= 11 is 3.59. The molecule has 0 aliphatic carbocycles. The third-order valence-electron chi connectivity index (χ3n) is 4.39. The fraction of sp³-hybridized carbons (Fsp3) is 0.0909. The summed E-state index contributed by atoms with van der Waals surface area (Å²) in [5, 5.41) is 4.42. The van der Waals surface area contributed by atoms with E-state index in [1.807, 2.05) is 54.6 Å². The van der Waals surface area contributed by atoms with E-state index >= 15 is 0 Å². The fourth-order valence-electron chi connectivity index (χ4n) is 2.85. The van der Waals surface area contributed by atoms with Gasteiger partial charge in [-0.25, -0.2) is 9.97 Å². The van der Waals surface area contributed by atoms with Crippen molar-refractivity contribution in [1.29, 1.82) is 0 Å². The summed E-state index contributed by atoms with van der Waals surface area (Å²) in [5.74, 6) is 2.26. The number of halogens is 1. The summed E-state index contributed by atoms with van der Waals surface area (Å²) in [6, 6.07) is 21.9. The number of anilines is 2. The molecule has 134 valence electrons. The van der Waals surface area contributed by atoms with Crippen molar-refractivity contribution in [2.75, 3.05) is 12.4 Å². The van der Waals surface area contributed by atoms with Crippen LogP contribution in [0.3, 0.4) is 0 Å². The number of aromatic nitrogens is 2. The van der Waals surface area contributed by atoms with Crippen molar-refractivity contribution < 1.29 is 4.74 Å². The lowest BCUT2D eigenvalue weighted by Gasteiger charge is -2.12. The number of nitrogens with zero attached hydrogens (tertiary/aromatic N) is 2. The van der Waals surface area contributed by atoms with Gasteiger partial charge in [-0.3, -0.25) is 0 Å². The lowest BCUT2D eigenvalue weighted by molar-refractivity contribution is 0.415. The molecule has 0 aliphatic rings. The Bertz CT molecular complexity index is 1110. The molecule has 0 saturated heterocycles. The van der Waals surface area contributed by atoms with Gasteiger partial charge in [0.1, 0.15) is 11.6 Å². The largest absolute Gasteiger partial charge is 0.497 e. The second-order valence-corrected chi connectivity index (χ2v) is 7.08. The molecule has 27 heavy (non-hydrogen) atoms. The Morgan fingerprint density at radius 3 is 2.44 bits per heavy atom. The highest BCUT2D eigenvalue weighted by molar-refractivity contribution is 9.10. The lowest BCUT2D eigenvalue weighted by Crippen LogP contribution is -1.99. The molecule has 0 aliphatic heterocycles. The molecule has 0 spiro atoms. The summed E-state index contributed by atoms with van der Waals surface area (Å²) in [7, 11) is 1.66. The highest BCUT2D eigenvalue weighted by Crippen LogP contribution is 2.29. The molecule has 3 aromatic carbocycles. The van der Waals surface area contributed by atoms with Gasteiger partial charge in [0.25, 0.3) is 0 Å². The average Bonchev–Trinajstić information content (AvgIpc) is 2.71. The van der Waals surface area contributed by atoms with Crippen LogP contribution < -0.4 is 10.1 Å². The van der Waals surface area contributed by atoms with Crippen LogP contribution in [-0.4, -0.2) is 17.1 Å². The van der Waals surface area contributed by atoms with Gasteiger partial charge in [-0.1, -0.05) is 34.1 Å². The standard InChI is InChI=1S/C22H18BrN3O/c1-14-7-10-16(13-19(14)23)24-22-18-5-3-4-6-20(18)25-21(26-22)15-8-11-17(27-2)12-9-15/h3-13H,1-2H3,(H,24,25,26). The molecule has 0 saturated carbocycles. The first kappa shape index (κ1) is 17.5. The first-order valence-electron chi connectivity index (χ1n) is 8.58. The van der Waals surface area contributed by atoms with E-state index in [1.54, 1.807) is 7.11 Å². The number of hydrogen-bond acceptors (Lipinski definition) is 4. The van der Waals surface area contributed by atoms with Gasteiger partial charge in [0, 0.05) is 21.1 Å². The summed E-state index contributed by atoms with van der Waals surface area (Å²) in [6.45, 7) is 2.07. The number of para-hydroxylation sites is 1. The molecule has 0 radical (unpaired) electrons. The monoisotopic (exact) mass is 419 g/mol. The van der Waals surface area contributed by atoms with Gasteiger partial charge in [0.05, 0.1) is 12.6 Å². The Morgan fingerprint density at radius 1 is 0.926 bits per heavy atom. The summed E-state index contributed by atoms with van der Waals surface area (Å²) in [5.41, 5.74) is 3.99. The quantitative estimate of drug-likeness (QED) is 0.432. The van der Waals surface area contributed by atoms with E-state index in [0.29, 0.717) is 5.82 Å². The number of ether oxygens (including phenoxy) is 1. The maximum Gasteiger partial charge on any atom is 0.162 e. The van der Waals surface area contributed by atoms with Gasteiger partial charge in [-0.15, -0.1) is 0 Å². The molecule has 0 amide bonds. The van der Waals surface area contributed by atoms with Gasteiger partial charge in [-0.2, -0.15) is 0 Å². The van der Waals surface area contributed by atoms with Crippen molar-refractivity contribution in [1.82, 2.24) is 9.97 Å². The molecular weight excluding hydrogens is 402 g/mol. The summed E-state index contributed by atoms with van der Waals surface area (Å²) in [6.07, 6.45) is 0. The molecule has 5 heteroatoms. The molecule has 1 N–H and O–H groups in total. The van der Waals surface area contributed by atoms with Gasteiger partial charge < -0.3 is 10.1 Å². The van der Waals surface area contributed by atoms with E-state index in [1.165, 1.54) is 5.56 Å². The smallest absolute Gasteiger partial charge is 0.162 e. The first-order chi connectivity index (χ1) is 13.1. The maximum atomic E-state index is 5.24. The van der Waals surface area contributed by atoms with E-state index in [2.05, 4.69) is 40.3 Å². The molecule has 0 fully saturated rings. The Morgan fingerprint density at radius 2 is 1.70 bits per heavy atom. The number of aryl methyl sites for hydroxylation is 1. The topological polar surface area (TPSA) is 47.0 Å². The molecule has 4 nitrogen and oxygen atoms in total. The number of rotatable bonds is 4. The van der Waals surface area contributed by atoms with Crippen molar-refractivity contribution in [3.05, 3.63) is 76.8 Å². The number of hydrogen-bond donors (Lipinski definition) is 1. The molecule has 1 heterocycles. The molecule has 4 aromatic rings. The van der Waals surface area contributed by atoms with Crippen LogP contribution in [-0.2, 0) is 0 Å². The van der Waals surface area contributed by atoms with Crippen molar-refractivity contribution in [2.24, 2.45) is 0 Å². The van der Waals surface area contributed by atoms with Crippen molar-refractivity contribution in [3.8, 4) is 17.1 Å². The van der Waals surface area contributed by atoms with Gasteiger partial charge in [0.15, 0.2) is 5.82 Å². The minimum Gasteiger partial charge on any atom is -0.497 e. The van der Waals surface area contributed by atoms with Crippen LogP contribution in [0.1, 0.15) is 5.56 Å². The van der Waals surface area contributed by atoms with Crippen LogP contribution in [0, 0.1) is 6.92 Å². The molecule has 0 bridgehead atoms. The second-order valence-electron chi connectivity index (χ2n) is 6.23. The van der Waals surface area contributed by atoms with E-state index in [4.69, 9.17) is 14.7 Å². The van der Waals surface area contributed by atoms with E-state index in [9.17, 15) is 0 Å². The van der Waals surface area contributed by atoms with Gasteiger partial charge in [0.2, 0.25) is 0 Å². The molecule has 0 atom stereocenters. The Kier molecular flexibility index (Phi) is 4.77. The molecule has 1 aromatic heterocycles. The predicted octanol–water partition coefficient (Wildman–Crippen LogP) is 6.12. The number of methoxy groups -OCH3 is 1. The normalized spacial score (nSPS) is 10.8. The average molecular weight is 420 g/mol. The number of nitrogens with one attached hydrogen (secondary N) is 1. The van der Waals surface area contributed by atoms with Crippen LogP contribution >= 0.6 is 15.9 Å². The van der Waals surface area contributed by atoms with Crippen LogP contribution in [0.4, 0.5) is 11.5 Å². The highest BCUT2D eigenvalue weighted by Gasteiger charge is 2.10. The van der Waals surface area contributed by atoms with E-state index in [-0.39, 0.29) is 0 Å². The second kappa shape index (κ2) is 7.37. The Hall–Kier alpha value is -2.92. The van der Waals surface area contributed by atoms with Crippen molar-refractivity contribution >= 4 is 38.3 Å². The van der Waals surface area contributed by atoms with Gasteiger partial charge >= 0.3 is 0 Å². The first-order valence-corrected chi connectivity index (χ1v) is 9.38. The predicted molar refractivity (Wildman–Crippen MR) is 114 cm³/mol. The zero-order valence-corrected chi connectivity index (χ0v) is 16.6. The van der Waals surface area contributed by atoms with Crippen LogP contribution in [0.15, 0.2) is 71.2 Å². The Balaban J connectivity index is 1.81. The SMILES string of the molecule is COc1ccc(-c2nc(Nc3ccc(C)c(Br)c3)c3ccccc3n2)cc1. The molecular formula is C22H18BrN3O. The van der Waals surface area contributed by atoms with Crippen molar-refractivity contribution in [3.63, 3.8) is 0 Å². The highest BCUT2D eigenvalue weighted by atomic mass is 79.9. The van der Waals surface area contributed by atoms with E-state index < -0.39 is 0 Å². The lowest BCUT2D eigenvalue weighted by atomic mass is 10.1. The van der Waals surface area contributed by atoms with E-state index in [0.717, 1.165) is 38.2 Å². The zero-order chi connectivity index (χ0) is 18.8. The summed E-state index contributed by atoms with van der Waals surface area (Å²) < 4.78 is 6.30. The minimum atomic E-state index is 0.671. The van der Waals surface area contributed by atoms with Gasteiger partial charge in [-0.05, 0) is 61.0 Å². The van der Waals surface area contributed by atoms with Crippen molar-refractivity contribution in [2.45, 2.75) is 6.92 Å². The zero-order valence-electron chi connectivity index (χ0n) is 15.0. The fourth-order valence-corrected chi connectivity index (χ4v) is 3.23. The minimum absolute atomic E-state index is 0.671. The maximum absolute atomic E-state index is 5.24. The molecule has 4 rings (SSSR count). The number of benzene rings is 3. The van der Waals surface area contributed by atoms with Crippen LogP contribution in [0.2, 0.25) is 0 Å². The number of fused-ring (bicyclic) bond motifs is 1. The molecule has 0 unspecified atom stereocenters. The Labute approximate surface area is 166 Å². The van der Waals surface area contributed by atoms with Crippen LogP contribution in [0.25, 0.3) is 22.3 Å². The summed E-state index contributed by atoms with van der Waals surface area (Å²) in [4.78, 5) is 9.53. The third-order valence-corrected chi connectivity index (χ3v) is 5.24. The van der Waals surface area contributed by atoms with Crippen LogP contribution in [0.5, 0.6) is 5.75 Å². The third kappa shape index (κ3) is 3.64.